The van der Waals surface area contributed by atoms with Crippen LogP contribution in [-0.2, 0) is 6.54 Å². The summed E-state index contributed by atoms with van der Waals surface area (Å²) in [6.45, 7) is 9.45. The zero-order chi connectivity index (χ0) is 15.8. The van der Waals surface area contributed by atoms with E-state index in [0.717, 1.165) is 25.2 Å². The molecule has 1 aromatic heterocycles. The molecule has 0 radical (unpaired) electrons. The third-order valence-corrected chi connectivity index (χ3v) is 3.75. The van der Waals surface area contributed by atoms with E-state index in [9.17, 15) is 0 Å². The first kappa shape index (κ1) is 16.7. The van der Waals surface area contributed by atoms with E-state index in [1.165, 1.54) is 31.2 Å². The zero-order valence-corrected chi connectivity index (χ0v) is 14.0. The number of benzene rings is 1. The van der Waals surface area contributed by atoms with Crippen molar-refractivity contribution in [3.63, 3.8) is 0 Å². The van der Waals surface area contributed by atoms with E-state index in [0.29, 0.717) is 11.8 Å². The van der Waals surface area contributed by atoms with Crippen molar-refractivity contribution in [3.8, 4) is 11.5 Å². The summed E-state index contributed by atoms with van der Waals surface area (Å²) in [5.41, 5.74) is 2.19. The first-order valence-electron chi connectivity index (χ1n) is 8.34. The molecule has 0 N–H and O–H groups in total. The van der Waals surface area contributed by atoms with Crippen LogP contribution in [-0.4, -0.2) is 28.2 Å². The van der Waals surface area contributed by atoms with Gasteiger partial charge in [0.25, 0.3) is 0 Å². The van der Waals surface area contributed by atoms with E-state index in [4.69, 9.17) is 4.42 Å². The predicted molar refractivity (Wildman–Crippen MR) is 89.6 cm³/mol. The Morgan fingerprint density at radius 2 is 1.77 bits per heavy atom. The molecular formula is C18H27N3O. The standard InChI is InChI=1S/C18H27N3O/c1-4-6-11-21(12-7-5-2)14-17-19-20-18(22-17)16-10-8-9-15(3)13-16/h8-10,13H,4-7,11-12,14H2,1-3H3. The number of rotatable bonds is 9. The molecule has 2 aromatic rings. The number of aryl methyl sites for hydroxylation is 1. The Morgan fingerprint density at radius 1 is 1.05 bits per heavy atom. The number of hydrogen-bond acceptors (Lipinski definition) is 4. The molecule has 0 atom stereocenters. The Labute approximate surface area is 133 Å². The molecule has 4 heteroatoms. The molecule has 0 fully saturated rings. The van der Waals surface area contributed by atoms with Gasteiger partial charge in [0.05, 0.1) is 6.54 Å². The van der Waals surface area contributed by atoms with Crippen molar-refractivity contribution in [2.45, 2.75) is 53.0 Å². The highest BCUT2D eigenvalue weighted by atomic mass is 16.4. The summed E-state index contributed by atoms with van der Waals surface area (Å²) in [5.74, 6) is 1.33. The maximum Gasteiger partial charge on any atom is 0.247 e. The Balaban J connectivity index is 2.02. The van der Waals surface area contributed by atoms with Crippen LogP contribution in [0.25, 0.3) is 11.5 Å². The fourth-order valence-corrected chi connectivity index (χ4v) is 2.44. The average Bonchev–Trinajstić information content (AvgIpc) is 2.98. The van der Waals surface area contributed by atoms with Gasteiger partial charge in [0.15, 0.2) is 0 Å². The summed E-state index contributed by atoms with van der Waals surface area (Å²) in [5, 5.41) is 8.42. The van der Waals surface area contributed by atoms with Crippen LogP contribution >= 0.6 is 0 Å². The highest BCUT2D eigenvalue weighted by Crippen LogP contribution is 2.19. The fourth-order valence-electron chi connectivity index (χ4n) is 2.44. The molecule has 2 rings (SSSR count). The minimum Gasteiger partial charge on any atom is -0.419 e. The van der Waals surface area contributed by atoms with E-state index in [1.807, 2.05) is 12.1 Å². The largest absolute Gasteiger partial charge is 0.419 e. The van der Waals surface area contributed by atoms with E-state index in [2.05, 4.69) is 48.0 Å². The van der Waals surface area contributed by atoms with Crippen LogP contribution in [0.5, 0.6) is 0 Å². The summed E-state index contributed by atoms with van der Waals surface area (Å²) in [6, 6.07) is 8.17. The van der Waals surface area contributed by atoms with Gasteiger partial charge in [-0.2, -0.15) is 0 Å². The lowest BCUT2D eigenvalue weighted by atomic mass is 10.1. The Kier molecular flexibility index (Phi) is 6.59. The number of aromatic nitrogens is 2. The first-order valence-corrected chi connectivity index (χ1v) is 8.34. The van der Waals surface area contributed by atoms with Crippen molar-refractivity contribution in [1.29, 1.82) is 0 Å². The van der Waals surface area contributed by atoms with Crippen LogP contribution < -0.4 is 0 Å². The Morgan fingerprint density at radius 3 is 2.41 bits per heavy atom. The van der Waals surface area contributed by atoms with Crippen molar-refractivity contribution < 1.29 is 4.42 Å². The van der Waals surface area contributed by atoms with Gasteiger partial charge >= 0.3 is 0 Å². The predicted octanol–water partition coefficient (Wildman–Crippen LogP) is 4.45. The molecule has 1 heterocycles. The minimum atomic E-state index is 0.615. The van der Waals surface area contributed by atoms with Crippen LogP contribution in [0.3, 0.4) is 0 Å². The number of hydrogen-bond donors (Lipinski definition) is 0. The molecule has 0 aliphatic carbocycles. The van der Waals surface area contributed by atoms with Crippen LogP contribution in [0, 0.1) is 6.92 Å². The smallest absolute Gasteiger partial charge is 0.247 e. The lowest BCUT2D eigenvalue weighted by Gasteiger charge is -2.19. The molecule has 0 aliphatic rings. The molecule has 0 saturated heterocycles. The van der Waals surface area contributed by atoms with Gasteiger partial charge in [-0.1, -0.05) is 44.4 Å². The highest BCUT2D eigenvalue weighted by molar-refractivity contribution is 5.53. The fraction of sp³-hybridized carbons (Fsp3) is 0.556. The average molecular weight is 301 g/mol. The second kappa shape index (κ2) is 8.69. The Hall–Kier alpha value is -1.68. The molecule has 4 nitrogen and oxygen atoms in total. The summed E-state index contributed by atoms with van der Waals surface area (Å²) >= 11 is 0. The molecule has 1 aromatic carbocycles. The van der Waals surface area contributed by atoms with E-state index in [-0.39, 0.29) is 0 Å². The van der Waals surface area contributed by atoms with Crippen molar-refractivity contribution in [2.75, 3.05) is 13.1 Å². The van der Waals surface area contributed by atoms with Gasteiger partial charge in [-0.25, -0.2) is 0 Å². The lowest BCUT2D eigenvalue weighted by molar-refractivity contribution is 0.233. The Bertz CT molecular complexity index is 557. The van der Waals surface area contributed by atoms with E-state index < -0.39 is 0 Å². The molecular weight excluding hydrogens is 274 g/mol. The van der Waals surface area contributed by atoms with Crippen molar-refractivity contribution in [1.82, 2.24) is 15.1 Å². The second-order valence-electron chi connectivity index (χ2n) is 5.85. The maximum atomic E-state index is 5.85. The lowest BCUT2D eigenvalue weighted by Crippen LogP contribution is -2.25. The SMILES string of the molecule is CCCCN(CCCC)Cc1nnc(-c2cccc(C)c2)o1. The van der Waals surface area contributed by atoms with E-state index >= 15 is 0 Å². The van der Waals surface area contributed by atoms with Crippen LogP contribution in [0.15, 0.2) is 28.7 Å². The quantitative estimate of drug-likeness (QED) is 0.686. The van der Waals surface area contributed by atoms with Crippen molar-refractivity contribution >= 4 is 0 Å². The van der Waals surface area contributed by atoms with Gasteiger partial charge in [-0.05, 0) is 45.0 Å². The third kappa shape index (κ3) is 4.95. The molecule has 0 saturated carbocycles. The number of unbranched alkanes of at least 4 members (excludes halogenated alkanes) is 2. The summed E-state index contributed by atoms with van der Waals surface area (Å²) in [4.78, 5) is 2.42. The highest BCUT2D eigenvalue weighted by Gasteiger charge is 2.12. The maximum absolute atomic E-state index is 5.85. The van der Waals surface area contributed by atoms with Crippen molar-refractivity contribution in [2.24, 2.45) is 0 Å². The molecule has 0 unspecified atom stereocenters. The van der Waals surface area contributed by atoms with Gasteiger partial charge in [-0.3, -0.25) is 4.90 Å². The van der Waals surface area contributed by atoms with Gasteiger partial charge in [0.1, 0.15) is 0 Å². The molecule has 0 bridgehead atoms. The topological polar surface area (TPSA) is 42.2 Å². The van der Waals surface area contributed by atoms with Crippen molar-refractivity contribution in [3.05, 3.63) is 35.7 Å². The number of nitrogens with zero attached hydrogens (tertiary/aromatic N) is 3. The first-order chi connectivity index (χ1) is 10.7. The molecule has 0 amide bonds. The van der Waals surface area contributed by atoms with Crippen LogP contribution in [0.4, 0.5) is 0 Å². The van der Waals surface area contributed by atoms with Crippen LogP contribution in [0.1, 0.15) is 51.0 Å². The molecule has 0 aliphatic heterocycles. The molecule has 120 valence electrons. The minimum absolute atomic E-state index is 0.615. The second-order valence-corrected chi connectivity index (χ2v) is 5.85. The van der Waals surface area contributed by atoms with Gasteiger partial charge in [0.2, 0.25) is 11.8 Å². The summed E-state index contributed by atoms with van der Waals surface area (Å²) < 4.78 is 5.85. The zero-order valence-electron chi connectivity index (χ0n) is 14.0. The van der Waals surface area contributed by atoms with Gasteiger partial charge in [-0.15, -0.1) is 10.2 Å². The van der Waals surface area contributed by atoms with E-state index in [1.54, 1.807) is 0 Å². The monoisotopic (exact) mass is 301 g/mol. The molecule has 0 spiro atoms. The summed E-state index contributed by atoms with van der Waals surface area (Å²) in [7, 11) is 0. The van der Waals surface area contributed by atoms with Gasteiger partial charge in [0, 0.05) is 5.56 Å². The normalized spacial score (nSPS) is 11.3. The van der Waals surface area contributed by atoms with Gasteiger partial charge < -0.3 is 4.42 Å². The third-order valence-electron chi connectivity index (χ3n) is 3.75. The molecule has 22 heavy (non-hydrogen) atoms. The summed E-state index contributed by atoms with van der Waals surface area (Å²) in [6.07, 6.45) is 4.84. The van der Waals surface area contributed by atoms with Crippen LogP contribution in [0.2, 0.25) is 0 Å².